The zero-order valence-electron chi connectivity index (χ0n) is 23.9. The fourth-order valence-corrected chi connectivity index (χ4v) is 5.96. The summed E-state index contributed by atoms with van der Waals surface area (Å²) in [5, 5.41) is 14.6. The molecule has 10 heteroatoms. The number of carbonyl (C=O) groups is 3. The predicted octanol–water partition coefficient (Wildman–Crippen LogP) is 4.01. The summed E-state index contributed by atoms with van der Waals surface area (Å²) < 4.78 is 11.9. The molecule has 2 aromatic carbocycles. The van der Waals surface area contributed by atoms with E-state index in [1.54, 1.807) is 13.2 Å². The molecule has 4 N–H and O–H groups in total. The minimum absolute atomic E-state index is 0.150. The molecule has 0 saturated heterocycles. The highest BCUT2D eigenvalue weighted by atomic mass is 16.5. The van der Waals surface area contributed by atoms with E-state index in [1.165, 1.54) is 0 Å². The molecule has 1 fully saturated rings. The Morgan fingerprint density at radius 1 is 1.14 bits per heavy atom. The van der Waals surface area contributed by atoms with E-state index in [2.05, 4.69) is 5.32 Å². The molecule has 1 aliphatic heterocycles. The number of nitrogens with one attached hydrogen (secondary N) is 1. The summed E-state index contributed by atoms with van der Waals surface area (Å²) in [7, 11) is 1.59. The molecule has 3 aromatic rings. The molecular formula is C33H34N4O6. The fraction of sp³-hybridized carbons (Fsp3) is 0.333. The van der Waals surface area contributed by atoms with Crippen molar-refractivity contribution < 1.29 is 29.0 Å². The van der Waals surface area contributed by atoms with Gasteiger partial charge in [0.05, 0.1) is 24.2 Å². The van der Waals surface area contributed by atoms with Crippen LogP contribution in [0.2, 0.25) is 0 Å². The van der Waals surface area contributed by atoms with Gasteiger partial charge in [-0.3, -0.25) is 14.6 Å². The van der Waals surface area contributed by atoms with E-state index < -0.39 is 35.3 Å². The second-order valence-electron chi connectivity index (χ2n) is 11.3. The molecule has 2 heterocycles. The Balaban J connectivity index is 1.35. The standard InChI is InChI=1S/C33H34N4O6/c1-42-22-12-13-24-28(17-22)35-27(20-9-5-4-6-10-20)18-29(24)43-23-15-25-26(16-23)31(39)37(34)14-8-3-2-7-11-21-19-33(21,32(40)41)36-30(25)38/h4-7,9-13,16-18,21,23,25H,2-3,8,14-15,19,34H2,1H3,(H,36,38)(H,40,41)/b11-7-/t21-,23-,25-,33-/m1/s1. The van der Waals surface area contributed by atoms with Gasteiger partial charge in [-0.2, -0.15) is 0 Å². The molecule has 4 atom stereocenters. The molecule has 1 aromatic heterocycles. The van der Waals surface area contributed by atoms with Gasteiger partial charge < -0.3 is 19.9 Å². The van der Waals surface area contributed by atoms with Crippen LogP contribution in [0.25, 0.3) is 22.2 Å². The van der Waals surface area contributed by atoms with Crippen LogP contribution in [-0.4, -0.2) is 58.2 Å². The number of hydrazine groups is 1. The number of carboxylic acid groups (broad SMARTS) is 1. The lowest BCUT2D eigenvalue weighted by atomic mass is 9.98. The number of fused-ring (bicyclic) bond motifs is 3. The molecule has 2 aliphatic carbocycles. The summed E-state index contributed by atoms with van der Waals surface area (Å²) in [5.41, 5.74) is 1.09. The Morgan fingerprint density at radius 2 is 1.95 bits per heavy atom. The molecule has 2 amide bonds. The summed E-state index contributed by atoms with van der Waals surface area (Å²) in [5.74, 6) is 4.05. The monoisotopic (exact) mass is 582 g/mol. The number of aliphatic carboxylic acids is 1. The summed E-state index contributed by atoms with van der Waals surface area (Å²) in [4.78, 5) is 44.2. The maximum Gasteiger partial charge on any atom is 0.330 e. The fourth-order valence-electron chi connectivity index (χ4n) is 5.96. The molecule has 43 heavy (non-hydrogen) atoms. The molecule has 0 bridgehead atoms. The summed E-state index contributed by atoms with van der Waals surface area (Å²) in [6, 6.07) is 17.0. The third-order valence-corrected chi connectivity index (χ3v) is 8.49. The van der Waals surface area contributed by atoms with Crippen molar-refractivity contribution in [1.29, 1.82) is 0 Å². The molecule has 3 aliphatic rings. The number of amides is 2. The van der Waals surface area contributed by atoms with Crippen molar-refractivity contribution in [1.82, 2.24) is 15.3 Å². The summed E-state index contributed by atoms with van der Waals surface area (Å²) in [6.45, 7) is 0.337. The number of hydrogen-bond donors (Lipinski definition) is 3. The minimum Gasteiger partial charge on any atom is -0.497 e. The first-order chi connectivity index (χ1) is 20.8. The second kappa shape index (κ2) is 11.5. The van der Waals surface area contributed by atoms with Gasteiger partial charge in [0.25, 0.3) is 5.91 Å². The average molecular weight is 583 g/mol. The van der Waals surface area contributed by atoms with Gasteiger partial charge >= 0.3 is 5.97 Å². The maximum absolute atomic E-state index is 13.7. The largest absolute Gasteiger partial charge is 0.497 e. The first kappa shape index (κ1) is 28.4. The Hall–Kier alpha value is -4.70. The van der Waals surface area contributed by atoms with Gasteiger partial charge in [-0.1, -0.05) is 42.5 Å². The Kier molecular flexibility index (Phi) is 7.62. The van der Waals surface area contributed by atoms with E-state index in [-0.39, 0.29) is 17.9 Å². The molecular weight excluding hydrogens is 548 g/mol. The number of methoxy groups -OCH3 is 1. The quantitative estimate of drug-likeness (QED) is 0.233. The number of rotatable bonds is 5. The van der Waals surface area contributed by atoms with Crippen LogP contribution in [0.1, 0.15) is 32.1 Å². The van der Waals surface area contributed by atoms with Crippen LogP contribution in [-0.2, 0) is 14.4 Å². The zero-order valence-corrected chi connectivity index (χ0v) is 23.9. The van der Waals surface area contributed by atoms with Crippen molar-refractivity contribution in [3.8, 4) is 22.8 Å². The summed E-state index contributed by atoms with van der Waals surface area (Å²) in [6.07, 6.45) is 7.49. The Morgan fingerprint density at radius 3 is 2.72 bits per heavy atom. The van der Waals surface area contributed by atoms with Crippen molar-refractivity contribution >= 4 is 28.7 Å². The first-order valence-electron chi connectivity index (χ1n) is 14.5. The Bertz CT molecular complexity index is 1640. The molecule has 0 unspecified atom stereocenters. The zero-order chi connectivity index (χ0) is 30.1. The van der Waals surface area contributed by atoms with E-state index in [4.69, 9.17) is 20.3 Å². The number of allylic oxidation sites excluding steroid dienone is 1. The predicted molar refractivity (Wildman–Crippen MR) is 160 cm³/mol. The van der Waals surface area contributed by atoms with Crippen LogP contribution in [0.15, 0.2) is 78.4 Å². The van der Waals surface area contributed by atoms with Crippen LogP contribution < -0.4 is 20.6 Å². The number of carboxylic acids is 1. The van der Waals surface area contributed by atoms with Crippen molar-refractivity contribution in [2.24, 2.45) is 17.7 Å². The van der Waals surface area contributed by atoms with Gasteiger partial charge in [0.2, 0.25) is 5.91 Å². The van der Waals surface area contributed by atoms with Crippen molar-refractivity contribution in [2.45, 2.75) is 43.7 Å². The highest BCUT2D eigenvalue weighted by molar-refractivity contribution is 6.02. The maximum atomic E-state index is 13.7. The summed E-state index contributed by atoms with van der Waals surface area (Å²) >= 11 is 0. The van der Waals surface area contributed by atoms with Crippen molar-refractivity contribution in [3.05, 3.63) is 78.4 Å². The van der Waals surface area contributed by atoms with Crippen molar-refractivity contribution in [3.63, 3.8) is 0 Å². The highest BCUT2D eigenvalue weighted by Crippen LogP contribution is 2.46. The third-order valence-electron chi connectivity index (χ3n) is 8.49. The number of ether oxygens (including phenoxy) is 2. The lowest BCUT2D eigenvalue weighted by Crippen LogP contribution is -2.49. The van der Waals surface area contributed by atoms with E-state index in [9.17, 15) is 19.5 Å². The topological polar surface area (TPSA) is 144 Å². The molecule has 222 valence electrons. The normalized spacial score (nSPS) is 26.4. The lowest BCUT2D eigenvalue weighted by Gasteiger charge is -2.23. The second-order valence-corrected chi connectivity index (χ2v) is 11.3. The number of nitrogens with zero attached hydrogens (tertiary/aromatic N) is 2. The number of benzene rings is 2. The number of carbonyl (C=O) groups excluding carboxylic acids is 2. The van der Waals surface area contributed by atoms with Gasteiger partial charge in [0.15, 0.2) is 0 Å². The van der Waals surface area contributed by atoms with E-state index in [1.807, 2.05) is 66.7 Å². The number of aromatic nitrogens is 1. The SMILES string of the molecule is COc1ccc2c(O[C@H]3C=C4C(=O)N(N)CCCC/C=C\[C@@H]5C[C@@]5(C(=O)O)NC(=O)[C@@H]4C3)cc(-c3ccccc3)nc2c1. The molecule has 10 nitrogen and oxygen atoms in total. The van der Waals surface area contributed by atoms with Gasteiger partial charge in [0.1, 0.15) is 23.1 Å². The van der Waals surface area contributed by atoms with E-state index in [0.717, 1.165) is 28.8 Å². The first-order valence-corrected chi connectivity index (χ1v) is 14.5. The average Bonchev–Trinajstić information content (AvgIpc) is 3.55. The van der Waals surface area contributed by atoms with E-state index >= 15 is 0 Å². The number of pyridine rings is 1. The minimum atomic E-state index is -1.38. The number of hydrogen-bond acceptors (Lipinski definition) is 7. The van der Waals surface area contributed by atoms with E-state index in [0.29, 0.717) is 42.1 Å². The van der Waals surface area contributed by atoms with Gasteiger partial charge in [-0.25, -0.2) is 15.6 Å². The Labute approximate surface area is 249 Å². The van der Waals surface area contributed by atoms with Crippen LogP contribution in [0, 0.1) is 11.8 Å². The van der Waals surface area contributed by atoms with Crippen LogP contribution in [0.5, 0.6) is 11.5 Å². The molecule has 0 spiro atoms. The van der Waals surface area contributed by atoms with Crippen LogP contribution >= 0.6 is 0 Å². The third kappa shape index (κ3) is 5.58. The highest BCUT2D eigenvalue weighted by Gasteiger charge is 2.61. The van der Waals surface area contributed by atoms with Gasteiger partial charge in [-0.15, -0.1) is 0 Å². The number of nitrogens with two attached hydrogens (primary N) is 1. The van der Waals surface area contributed by atoms with Crippen LogP contribution in [0.4, 0.5) is 0 Å². The molecule has 0 radical (unpaired) electrons. The lowest BCUT2D eigenvalue weighted by molar-refractivity contribution is -0.144. The van der Waals surface area contributed by atoms with Crippen LogP contribution in [0.3, 0.4) is 0 Å². The molecule has 6 rings (SSSR count). The van der Waals surface area contributed by atoms with Gasteiger partial charge in [0, 0.05) is 47.5 Å². The van der Waals surface area contributed by atoms with Crippen molar-refractivity contribution in [2.75, 3.05) is 13.7 Å². The molecule has 1 saturated carbocycles. The smallest absolute Gasteiger partial charge is 0.330 e. The van der Waals surface area contributed by atoms with Gasteiger partial charge in [-0.05, 0) is 43.9 Å².